The standard InChI is InChI=1S/C7H12O3/c1-3-9-7(8)5(2)6-4-10-6/h5-6H,3-4H2,1-2H3/t5-,6+/m0/s1. The quantitative estimate of drug-likeness (QED) is 0.429. The summed E-state index contributed by atoms with van der Waals surface area (Å²) < 4.78 is 9.72. The Balaban J connectivity index is 2.24. The molecule has 0 radical (unpaired) electrons. The Morgan fingerprint density at radius 2 is 2.50 bits per heavy atom. The summed E-state index contributed by atoms with van der Waals surface area (Å²) in [5.74, 6) is -0.232. The number of epoxide rings is 1. The second-order valence-electron chi connectivity index (χ2n) is 2.41. The van der Waals surface area contributed by atoms with E-state index in [1.807, 2.05) is 6.92 Å². The lowest BCUT2D eigenvalue weighted by Gasteiger charge is -2.05. The molecule has 0 aromatic heterocycles. The fourth-order valence-electron chi connectivity index (χ4n) is 0.770. The zero-order valence-corrected chi connectivity index (χ0v) is 6.29. The molecule has 0 aliphatic carbocycles. The Morgan fingerprint density at radius 1 is 1.90 bits per heavy atom. The summed E-state index contributed by atoms with van der Waals surface area (Å²) in [6.07, 6.45) is 0.124. The van der Waals surface area contributed by atoms with Gasteiger partial charge in [-0.1, -0.05) is 0 Å². The van der Waals surface area contributed by atoms with Crippen LogP contribution in [0.1, 0.15) is 13.8 Å². The molecular weight excluding hydrogens is 132 g/mol. The molecule has 0 saturated carbocycles. The summed E-state index contributed by atoms with van der Waals surface area (Å²) in [4.78, 5) is 10.9. The van der Waals surface area contributed by atoms with Gasteiger partial charge in [-0.05, 0) is 13.8 Å². The van der Waals surface area contributed by atoms with Gasteiger partial charge in [-0.2, -0.15) is 0 Å². The average molecular weight is 144 g/mol. The molecule has 3 heteroatoms. The molecule has 0 spiro atoms. The van der Waals surface area contributed by atoms with Crippen LogP contribution in [0, 0.1) is 5.92 Å². The predicted molar refractivity (Wildman–Crippen MR) is 35.5 cm³/mol. The third kappa shape index (κ3) is 1.70. The van der Waals surface area contributed by atoms with E-state index in [2.05, 4.69) is 0 Å². The molecule has 1 aliphatic heterocycles. The van der Waals surface area contributed by atoms with Gasteiger partial charge in [-0.3, -0.25) is 4.79 Å². The maximum atomic E-state index is 10.9. The van der Waals surface area contributed by atoms with E-state index in [9.17, 15) is 4.79 Å². The van der Waals surface area contributed by atoms with Crippen LogP contribution in [-0.2, 0) is 14.3 Å². The van der Waals surface area contributed by atoms with Crippen LogP contribution >= 0.6 is 0 Å². The Labute approximate surface area is 60.3 Å². The molecule has 1 heterocycles. The number of hydrogen-bond acceptors (Lipinski definition) is 3. The van der Waals surface area contributed by atoms with Crippen molar-refractivity contribution in [2.24, 2.45) is 5.92 Å². The van der Waals surface area contributed by atoms with Crippen LogP contribution < -0.4 is 0 Å². The van der Waals surface area contributed by atoms with E-state index in [1.165, 1.54) is 0 Å². The van der Waals surface area contributed by atoms with Crippen molar-refractivity contribution in [1.29, 1.82) is 0 Å². The smallest absolute Gasteiger partial charge is 0.311 e. The summed E-state index contributed by atoms with van der Waals surface area (Å²) in [6.45, 7) is 4.80. The summed E-state index contributed by atoms with van der Waals surface area (Å²) in [5, 5.41) is 0. The minimum Gasteiger partial charge on any atom is -0.466 e. The van der Waals surface area contributed by atoms with Crippen LogP contribution in [-0.4, -0.2) is 25.3 Å². The average Bonchev–Trinajstić information content (AvgIpc) is 2.68. The van der Waals surface area contributed by atoms with Crippen molar-refractivity contribution in [3.63, 3.8) is 0 Å². The fourth-order valence-corrected chi connectivity index (χ4v) is 0.770. The molecule has 58 valence electrons. The van der Waals surface area contributed by atoms with Gasteiger partial charge in [0.05, 0.1) is 25.2 Å². The molecule has 0 bridgehead atoms. The third-order valence-corrected chi connectivity index (χ3v) is 1.58. The number of carbonyl (C=O) groups is 1. The molecule has 0 amide bonds. The minimum atomic E-state index is -0.148. The maximum absolute atomic E-state index is 10.9. The van der Waals surface area contributed by atoms with Gasteiger partial charge >= 0.3 is 5.97 Å². The number of rotatable bonds is 3. The van der Waals surface area contributed by atoms with Gasteiger partial charge in [-0.25, -0.2) is 0 Å². The van der Waals surface area contributed by atoms with E-state index in [1.54, 1.807) is 6.92 Å². The van der Waals surface area contributed by atoms with Crippen LogP contribution in [0.5, 0.6) is 0 Å². The maximum Gasteiger partial charge on any atom is 0.311 e. The van der Waals surface area contributed by atoms with Gasteiger partial charge in [0.2, 0.25) is 0 Å². The SMILES string of the molecule is CCOC(=O)[C@@H](C)[C@H]1CO1. The normalized spacial score (nSPS) is 25.6. The van der Waals surface area contributed by atoms with Crippen molar-refractivity contribution >= 4 is 5.97 Å². The fraction of sp³-hybridized carbons (Fsp3) is 0.857. The van der Waals surface area contributed by atoms with Crippen LogP contribution in [0.3, 0.4) is 0 Å². The Kier molecular flexibility index (Phi) is 2.27. The molecule has 10 heavy (non-hydrogen) atoms. The highest BCUT2D eigenvalue weighted by atomic mass is 16.6. The largest absolute Gasteiger partial charge is 0.466 e. The van der Waals surface area contributed by atoms with Gasteiger partial charge in [0.1, 0.15) is 0 Å². The molecule has 1 aliphatic rings. The van der Waals surface area contributed by atoms with Crippen LogP contribution in [0.25, 0.3) is 0 Å². The van der Waals surface area contributed by atoms with Crippen molar-refractivity contribution in [3.05, 3.63) is 0 Å². The van der Waals surface area contributed by atoms with Crippen LogP contribution in [0.4, 0.5) is 0 Å². The first kappa shape index (κ1) is 7.54. The van der Waals surface area contributed by atoms with Crippen LogP contribution in [0.15, 0.2) is 0 Å². The lowest BCUT2D eigenvalue weighted by atomic mass is 10.1. The number of ether oxygens (including phenoxy) is 2. The molecule has 3 nitrogen and oxygen atoms in total. The first-order chi connectivity index (χ1) is 4.75. The van der Waals surface area contributed by atoms with Gasteiger partial charge in [0, 0.05) is 0 Å². The highest BCUT2D eigenvalue weighted by molar-refractivity contribution is 5.73. The summed E-state index contributed by atoms with van der Waals surface area (Å²) in [5.41, 5.74) is 0. The highest BCUT2D eigenvalue weighted by Crippen LogP contribution is 2.20. The topological polar surface area (TPSA) is 38.8 Å². The molecule has 0 aromatic carbocycles. The molecule has 0 aromatic rings. The molecule has 0 unspecified atom stereocenters. The van der Waals surface area contributed by atoms with Crippen molar-refractivity contribution in [1.82, 2.24) is 0 Å². The Hall–Kier alpha value is -0.570. The zero-order chi connectivity index (χ0) is 7.56. The second kappa shape index (κ2) is 3.01. The molecule has 2 atom stereocenters. The lowest BCUT2D eigenvalue weighted by Crippen LogP contribution is -2.19. The van der Waals surface area contributed by atoms with E-state index < -0.39 is 0 Å². The van der Waals surface area contributed by atoms with E-state index in [0.29, 0.717) is 13.2 Å². The predicted octanol–water partition coefficient (Wildman–Crippen LogP) is 0.584. The molecule has 1 rings (SSSR count). The molecule has 1 fully saturated rings. The van der Waals surface area contributed by atoms with Crippen molar-refractivity contribution in [3.8, 4) is 0 Å². The Bertz CT molecular complexity index is 129. The van der Waals surface area contributed by atoms with Gasteiger partial charge in [0.15, 0.2) is 0 Å². The van der Waals surface area contributed by atoms with E-state index in [-0.39, 0.29) is 18.0 Å². The zero-order valence-electron chi connectivity index (χ0n) is 6.29. The van der Waals surface area contributed by atoms with Crippen molar-refractivity contribution in [2.75, 3.05) is 13.2 Å². The lowest BCUT2D eigenvalue weighted by molar-refractivity contribution is -0.148. The van der Waals surface area contributed by atoms with Gasteiger partial charge < -0.3 is 9.47 Å². The Morgan fingerprint density at radius 3 is 2.90 bits per heavy atom. The van der Waals surface area contributed by atoms with E-state index in [0.717, 1.165) is 0 Å². The highest BCUT2D eigenvalue weighted by Gasteiger charge is 2.34. The number of hydrogen-bond donors (Lipinski definition) is 0. The van der Waals surface area contributed by atoms with Gasteiger partial charge in [-0.15, -0.1) is 0 Å². The molecular formula is C7H12O3. The minimum absolute atomic E-state index is 0.0834. The number of esters is 1. The molecule has 0 N–H and O–H groups in total. The summed E-state index contributed by atoms with van der Waals surface area (Å²) in [7, 11) is 0. The van der Waals surface area contributed by atoms with Crippen LogP contribution in [0.2, 0.25) is 0 Å². The first-order valence-electron chi connectivity index (χ1n) is 3.54. The van der Waals surface area contributed by atoms with E-state index >= 15 is 0 Å². The summed E-state index contributed by atoms with van der Waals surface area (Å²) >= 11 is 0. The second-order valence-corrected chi connectivity index (χ2v) is 2.41. The van der Waals surface area contributed by atoms with E-state index in [4.69, 9.17) is 9.47 Å². The monoisotopic (exact) mass is 144 g/mol. The number of carbonyl (C=O) groups excluding carboxylic acids is 1. The van der Waals surface area contributed by atoms with Crippen molar-refractivity contribution < 1.29 is 14.3 Å². The molecule has 1 saturated heterocycles. The first-order valence-corrected chi connectivity index (χ1v) is 3.54. The third-order valence-electron chi connectivity index (χ3n) is 1.58. The van der Waals surface area contributed by atoms with Gasteiger partial charge in [0.25, 0.3) is 0 Å². The summed E-state index contributed by atoms with van der Waals surface area (Å²) in [6, 6.07) is 0. The van der Waals surface area contributed by atoms with Crippen molar-refractivity contribution in [2.45, 2.75) is 20.0 Å².